The molecule has 0 fully saturated rings. The molecule has 0 heterocycles. The van der Waals surface area contributed by atoms with E-state index in [1.807, 2.05) is 30.3 Å². The molecule has 2 rings (SSSR count). The molecule has 7 heteroatoms. The Balaban J connectivity index is 1.60. The van der Waals surface area contributed by atoms with Gasteiger partial charge in [-0.05, 0) is 79.8 Å². The molecule has 0 spiro atoms. The lowest BCUT2D eigenvalue weighted by molar-refractivity contribution is -0.121. The maximum atomic E-state index is 12.5. The van der Waals surface area contributed by atoms with Crippen molar-refractivity contribution in [2.24, 2.45) is 16.6 Å². The Morgan fingerprint density at radius 3 is 2.45 bits per heavy atom. The van der Waals surface area contributed by atoms with Gasteiger partial charge in [-0.15, -0.1) is 0 Å². The van der Waals surface area contributed by atoms with Crippen LogP contribution in [0.4, 0.5) is 5.69 Å². The molecule has 7 nitrogen and oxygen atoms in total. The largest absolute Gasteiger partial charge is 0.493 e. The van der Waals surface area contributed by atoms with Crippen LogP contribution in [0.15, 0.2) is 47.5 Å². The van der Waals surface area contributed by atoms with E-state index in [1.54, 1.807) is 14.2 Å². The summed E-state index contributed by atoms with van der Waals surface area (Å²) in [4.78, 5) is 16.4. The van der Waals surface area contributed by atoms with Gasteiger partial charge in [-0.1, -0.05) is 57.7 Å². The predicted molar refractivity (Wildman–Crippen MR) is 166 cm³/mol. The smallest absolute Gasteiger partial charge is 0.192 e. The van der Waals surface area contributed by atoms with Crippen LogP contribution in [0.1, 0.15) is 89.2 Å². The maximum absolute atomic E-state index is 12.5. The number of aliphatic hydroxyl groups excluding tert-OH is 1. The average molecular weight is 554 g/mol. The summed E-state index contributed by atoms with van der Waals surface area (Å²) < 4.78 is 11.4. The lowest BCUT2D eigenvalue weighted by Crippen LogP contribution is -2.21. The first-order valence-corrected chi connectivity index (χ1v) is 14.9. The number of methoxy groups -OCH3 is 1. The summed E-state index contributed by atoms with van der Waals surface area (Å²) in [5.74, 6) is 2.61. The number of rotatable bonds is 20. The van der Waals surface area contributed by atoms with Crippen molar-refractivity contribution < 1.29 is 19.4 Å². The number of nitrogens with zero attached hydrogens (tertiary/aromatic N) is 1. The predicted octanol–water partition coefficient (Wildman–Crippen LogP) is 6.70. The summed E-state index contributed by atoms with van der Waals surface area (Å²) in [6.45, 7) is 5.07. The number of aliphatic hydroxyl groups is 1. The summed E-state index contributed by atoms with van der Waals surface area (Å²) in [6, 6.07) is 14.1. The van der Waals surface area contributed by atoms with Crippen LogP contribution in [0.2, 0.25) is 0 Å². The molecule has 40 heavy (non-hydrogen) atoms. The number of nitrogens with two attached hydrogens (primary N) is 1. The number of hydrogen-bond acceptors (Lipinski definition) is 5. The molecular weight excluding hydrogens is 502 g/mol. The van der Waals surface area contributed by atoms with Gasteiger partial charge in [0.15, 0.2) is 17.5 Å². The second-order valence-corrected chi connectivity index (χ2v) is 11.0. The lowest BCUT2D eigenvalue weighted by atomic mass is 10.00. The highest BCUT2D eigenvalue weighted by molar-refractivity contribution is 5.92. The molecule has 0 saturated carbocycles. The van der Waals surface area contributed by atoms with Gasteiger partial charge in [0.2, 0.25) is 0 Å². The fraction of sp³-hybridized carbons (Fsp3) is 0.576. The summed E-state index contributed by atoms with van der Waals surface area (Å²) >= 11 is 0. The van der Waals surface area contributed by atoms with E-state index in [0.717, 1.165) is 68.4 Å². The Morgan fingerprint density at radius 2 is 1.70 bits per heavy atom. The van der Waals surface area contributed by atoms with Crippen LogP contribution in [0.5, 0.6) is 11.5 Å². The zero-order valence-corrected chi connectivity index (χ0v) is 25.1. The van der Waals surface area contributed by atoms with Gasteiger partial charge < -0.3 is 25.6 Å². The van der Waals surface area contributed by atoms with Crippen molar-refractivity contribution in [2.45, 2.75) is 97.0 Å². The third-order valence-corrected chi connectivity index (χ3v) is 7.01. The first-order chi connectivity index (χ1) is 19.3. The molecular formula is C33H51N3O4. The summed E-state index contributed by atoms with van der Waals surface area (Å²) in [5, 5.41) is 13.4. The molecule has 0 radical (unpaired) electrons. The van der Waals surface area contributed by atoms with Crippen LogP contribution >= 0.6 is 0 Å². The van der Waals surface area contributed by atoms with E-state index in [4.69, 9.17) is 15.2 Å². The fourth-order valence-electron chi connectivity index (χ4n) is 4.66. The number of aliphatic imine (C=N–C) groups is 1. The van der Waals surface area contributed by atoms with Crippen LogP contribution in [0.25, 0.3) is 0 Å². The molecule has 0 saturated heterocycles. The summed E-state index contributed by atoms with van der Waals surface area (Å²) in [5.41, 5.74) is 9.03. The average Bonchev–Trinajstić information content (AvgIpc) is 2.93. The number of aryl methyl sites for hydroxylation is 2. The second-order valence-electron chi connectivity index (χ2n) is 11.0. The highest BCUT2D eigenvalue weighted by atomic mass is 16.5. The van der Waals surface area contributed by atoms with Crippen molar-refractivity contribution in [3.63, 3.8) is 0 Å². The van der Waals surface area contributed by atoms with Gasteiger partial charge in [-0.25, -0.2) is 0 Å². The molecule has 0 aliphatic heterocycles. The van der Waals surface area contributed by atoms with Gasteiger partial charge in [-0.2, -0.15) is 0 Å². The highest BCUT2D eigenvalue weighted by Crippen LogP contribution is 2.29. The van der Waals surface area contributed by atoms with Crippen molar-refractivity contribution in [2.75, 3.05) is 26.1 Å². The third kappa shape index (κ3) is 13.8. The van der Waals surface area contributed by atoms with Crippen molar-refractivity contribution in [1.29, 1.82) is 0 Å². The first kappa shape index (κ1) is 33.1. The molecule has 1 atom stereocenters. The highest BCUT2D eigenvalue weighted by Gasteiger charge is 2.12. The molecule has 222 valence electrons. The molecule has 0 aliphatic carbocycles. The van der Waals surface area contributed by atoms with Gasteiger partial charge in [0.25, 0.3) is 0 Å². The molecule has 0 bridgehead atoms. The van der Waals surface area contributed by atoms with E-state index >= 15 is 0 Å². The van der Waals surface area contributed by atoms with E-state index < -0.39 is 6.10 Å². The molecule has 0 amide bonds. The van der Waals surface area contributed by atoms with E-state index in [1.165, 1.54) is 5.56 Å². The number of ether oxygens (including phenoxy) is 2. The van der Waals surface area contributed by atoms with Crippen LogP contribution in [-0.4, -0.2) is 43.7 Å². The van der Waals surface area contributed by atoms with Gasteiger partial charge in [0.1, 0.15) is 5.78 Å². The topological polar surface area (TPSA) is 106 Å². The van der Waals surface area contributed by atoms with Gasteiger partial charge in [-0.3, -0.25) is 9.79 Å². The SMILES string of the molecule is CN=C(N)Nc1cccc(CCCCCCC[C@H](O)CC(=O)CCc2ccc(OC)c(OCCCC(C)C)c2)c1. The Hall–Kier alpha value is -3.06. The van der Waals surface area contributed by atoms with E-state index in [-0.39, 0.29) is 12.2 Å². The number of Topliss-reactive ketones (excluding diaryl/α,β-unsaturated/α-hetero) is 1. The Morgan fingerprint density at radius 1 is 0.950 bits per heavy atom. The maximum Gasteiger partial charge on any atom is 0.192 e. The van der Waals surface area contributed by atoms with E-state index in [9.17, 15) is 9.90 Å². The van der Waals surface area contributed by atoms with Crippen LogP contribution < -0.4 is 20.5 Å². The van der Waals surface area contributed by atoms with Crippen molar-refractivity contribution in [1.82, 2.24) is 0 Å². The second kappa shape index (κ2) is 19.1. The minimum atomic E-state index is -0.558. The minimum Gasteiger partial charge on any atom is -0.493 e. The van der Waals surface area contributed by atoms with Gasteiger partial charge in [0, 0.05) is 25.6 Å². The third-order valence-electron chi connectivity index (χ3n) is 7.01. The van der Waals surface area contributed by atoms with Crippen molar-refractivity contribution >= 4 is 17.4 Å². The standard InChI is InChI=1S/C33H51N3O4/c1-25(2)12-11-21-40-32-23-27(18-20-31(32)39-4)17-19-30(38)24-29(37)16-9-7-5-6-8-13-26-14-10-15-28(22-26)36-33(34)35-3/h10,14-15,18,20,22-23,25,29,37H,5-9,11-13,16-17,19,21,24H2,1-4H3,(H3,34,35,36)/t29-/m0/s1. The van der Waals surface area contributed by atoms with Gasteiger partial charge >= 0.3 is 0 Å². The zero-order chi connectivity index (χ0) is 29.2. The Bertz CT molecular complexity index is 1040. The van der Waals surface area contributed by atoms with Crippen LogP contribution in [0.3, 0.4) is 0 Å². The van der Waals surface area contributed by atoms with E-state index in [0.29, 0.717) is 43.5 Å². The van der Waals surface area contributed by atoms with Crippen molar-refractivity contribution in [3.8, 4) is 11.5 Å². The number of anilines is 1. The minimum absolute atomic E-state index is 0.103. The molecule has 2 aromatic rings. The number of ketones is 1. The normalized spacial score (nSPS) is 12.4. The molecule has 2 aromatic carbocycles. The molecule has 0 unspecified atom stereocenters. The van der Waals surface area contributed by atoms with Crippen LogP contribution in [0, 0.1) is 5.92 Å². The van der Waals surface area contributed by atoms with Gasteiger partial charge in [0.05, 0.1) is 19.8 Å². The number of hydrogen-bond donors (Lipinski definition) is 3. The Kier molecular flexibility index (Phi) is 15.8. The summed E-state index contributed by atoms with van der Waals surface area (Å²) in [6.07, 6.45) is 9.97. The quantitative estimate of drug-likeness (QED) is 0.0957. The van der Waals surface area contributed by atoms with Crippen molar-refractivity contribution in [3.05, 3.63) is 53.6 Å². The fourth-order valence-corrected chi connectivity index (χ4v) is 4.66. The monoisotopic (exact) mass is 553 g/mol. The lowest BCUT2D eigenvalue weighted by Gasteiger charge is -2.13. The number of carbonyl (C=O) groups is 1. The Labute approximate surface area is 241 Å². The summed E-state index contributed by atoms with van der Waals surface area (Å²) in [7, 11) is 3.30. The first-order valence-electron chi connectivity index (χ1n) is 14.9. The number of benzene rings is 2. The number of guanidine groups is 1. The number of unbranched alkanes of at least 4 members (excludes halogenated alkanes) is 4. The number of carbonyl (C=O) groups excluding carboxylic acids is 1. The molecule has 0 aliphatic rings. The van der Waals surface area contributed by atoms with Crippen LogP contribution in [-0.2, 0) is 17.6 Å². The number of nitrogens with one attached hydrogen (secondary N) is 1. The molecule has 4 N–H and O–H groups in total. The zero-order valence-electron chi connectivity index (χ0n) is 25.1. The van der Waals surface area contributed by atoms with E-state index in [2.05, 4.69) is 36.3 Å². The molecule has 0 aromatic heterocycles.